The highest BCUT2D eigenvalue weighted by Gasteiger charge is 2.24. The van der Waals surface area contributed by atoms with Crippen LogP contribution >= 0.6 is 0 Å². The van der Waals surface area contributed by atoms with E-state index in [1.807, 2.05) is 18.5 Å². The summed E-state index contributed by atoms with van der Waals surface area (Å²) in [5, 5.41) is 0. The molecule has 0 saturated carbocycles. The number of aromatic nitrogens is 1. The van der Waals surface area contributed by atoms with Crippen molar-refractivity contribution in [1.82, 2.24) is 9.88 Å². The lowest BCUT2D eigenvalue weighted by molar-refractivity contribution is 0.315. The maximum Gasteiger partial charge on any atom is 0.0364 e. The number of rotatable bonds is 2. The molecule has 1 unspecified atom stereocenters. The summed E-state index contributed by atoms with van der Waals surface area (Å²) < 4.78 is 0. The molecule has 0 radical (unpaired) electrons. The monoisotopic (exact) mass is 191 g/mol. The Balaban J connectivity index is 2.30. The first-order valence-electron chi connectivity index (χ1n) is 5.16. The van der Waals surface area contributed by atoms with E-state index in [4.69, 9.17) is 5.73 Å². The summed E-state index contributed by atoms with van der Waals surface area (Å²) in [7, 11) is 2.17. The van der Waals surface area contributed by atoms with E-state index in [1.54, 1.807) is 0 Å². The standard InChI is InChI=1S/C11H17N3/c1-14-6-2-3-11(14)10-8-13-5-4-9(10)7-12/h4-5,8,11H,2-3,6-7,12H2,1H3. The molecule has 1 aromatic rings. The van der Waals surface area contributed by atoms with Crippen molar-refractivity contribution in [2.75, 3.05) is 13.6 Å². The first-order chi connectivity index (χ1) is 6.83. The number of likely N-dealkylation sites (tertiary alicyclic amines) is 1. The van der Waals surface area contributed by atoms with Crippen molar-refractivity contribution in [3.63, 3.8) is 0 Å². The third-order valence-electron chi connectivity index (χ3n) is 3.05. The summed E-state index contributed by atoms with van der Waals surface area (Å²) in [4.78, 5) is 6.58. The van der Waals surface area contributed by atoms with E-state index in [0.29, 0.717) is 12.6 Å². The summed E-state index contributed by atoms with van der Waals surface area (Å²) in [5.41, 5.74) is 8.27. The average Bonchev–Trinajstić information content (AvgIpc) is 2.64. The smallest absolute Gasteiger partial charge is 0.0364 e. The fraction of sp³-hybridized carbons (Fsp3) is 0.545. The number of pyridine rings is 1. The average molecular weight is 191 g/mol. The van der Waals surface area contributed by atoms with Gasteiger partial charge in [0.1, 0.15) is 0 Å². The minimum absolute atomic E-state index is 0.530. The van der Waals surface area contributed by atoms with E-state index >= 15 is 0 Å². The highest BCUT2D eigenvalue weighted by molar-refractivity contribution is 5.27. The lowest BCUT2D eigenvalue weighted by atomic mass is 10.0. The fourth-order valence-corrected chi connectivity index (χ4v) is 2.22. The molecule has 3 nitrogen and oxygen atoms in total. The van der Waals surface area contributed by atoms with Gasteiger partial charge in [-0.1, -0.05) is 0 Å². The van der Waals surface area contributed by atoms with Crippen molar-refractivity contribution in [1.29, 1.82) is 0 Å². The van der Waals surface area contributed by atoms with Crippen LogP contribution in [0.5, 0.6) is 0 Å². The predicted octanol–water partition coefficient (Wildman–Crippen LogP) is 1.31. The van der Waals surface area contributed by atoms with Crippen molar-refractivity contribution in [3.05, 3.63) is 29.6 Å². The molecular weight excluding hydrogens is 174 g/mol. The number of hydrogen-bond donors (Lipinski definition) is 1. The zero-order valence-corrected chi connectivity index (χ0v) is 8.61. The minimum Gasteiger partial charge on any atom is -0.326 e. The van der Waals surface area contributed by atoms with Gasteiger partial charge in [0, 0.05) is 25.0 Å². The van der Waals surface area contributed by atoms with Gasteiger partial charge in [-0.3, -0.25) is 9.88 Å². The van der Waals surface area contributed by atoms with E-state index in [1.165, 1.54) is 30.5 Å². The Bertz CT molecular complexity index is 311. The first kappa shape index (κ1) is 9.62. The summed E-state index contributed by atoms with van der Waals surface area (Å²) in [6, 6.07) is 2.56. The Morgan fingerprint density at radius 1 is 1.64 bits per heavy atom. The van der Waals surface area contributed by atoms with Crippen molar-refractivity contribution < 1.29 is 0 Å². The minimum atomic E-state index is 0.530. The van der Waals surface area contributed by atoms with Crippen LogP contribution in [-0.2, 0) is 6.54 Å². The highest BCUT2D eigenvalue weighted by atomic mass is 15.1. The van der Waals surface area contributed by atoms with Crippen LogP contribution in [0.15, 0.2) is 18.5 Å². The van der Waals surface area contributed by atoms with Crippen molar-refractivity contribution in [3.8, 4) is 0 Å². The van der Waals surface area contributed by atoms with E-state index in [2.05, 4.69) is 16.9 Å². The Hall–Kier alpha value is -0.930. The molecule has 14 heavy (non-hydrogen) atoms. The molecule has 1 saturated heterocycles. The summed E-state index contributed by atoms with van der Waals surface area (Å²) >= 11 is 0. The van der Waals surface area contributed by atoms with Crippen molar-refractivity contribution in [2.24, 2.45) is 5.73 Å². The topological polar surface area (TPSA) is 42.2 Å². The Morgan fingerprint density at radius 3 is 3.14 bits per heavy atom. The van der Waals surface area contributed by atoms with Crippen LogP contribution in [0.1, 0.15) is 30.0 Å². The quantitative estimate of drug-likeness (QED) is 0.766. The molecule has 2 N–H and O–H groups in total. The molecule has 1 aliphatic rings. The SMILES string of the molecule is CN1CCCC1c1cnccc1CN. The Labute approximate surface area is 84.9 Å². The van der Waals surface area contributed by atoms with Gasteiger partial charge in [-0.15, -0.1) is 0 Å². The lowest BCUT2D eigenvalue weighted by Gasteiger charge is -2.21. The van der Waals surface area contributed by atoms with Crippen LogP contribution in [0.2, 0.25) is 0 Å². The van der Waals surface area contributed by atoms with Crippen LogP contribution in [0.3, 0.4) is 0 Å². The van der Waals surface area contributed by atoms with Gasteiger partial charge in [-0.2, -0.15) is 0 Å². The second-order valence-electron chi connectivity index (χ2n) is 3.92. The molecule has 0 spiro atoms. The van der Waals surface area contributed by atoms with Gasteiger partial charge in [-0.05, 0) is 43.6 Å². The predicted molar refractivity (Wildman–Crippen MR) is 56.7 cm³/mol. The molecule has 3 heteroatoms. The zero-order chi connectivity index (χ0) is 9.97. The molecule has 1 fully saturated rings. The third-order valence-corrected chi connectivity index (χ3v) is 3.05. The number of nitrogens with zero attached hydrogens (tertiary/aromatic N) is 2. The van der Waals surface area contributed by atoms with E-state index < -0.39 is 0 Å². The van der Waals surface area contributed by atoms with E-state index in [-0.39, 0.29) is 0 Å². The van der Waals surface area contributed by atoms with Crippen LogP contribution < -0.4 is 5.73 Å². The largest absolute Gasteiger partial charge is 0.326 e. The highest BCUT2D eigenvalue weighted by Crippen LogP contribution is 2.31. The first-order valence-corrected chi connectivity index (χ1v) is 5.16. The molecule has 0 amide bonds. The van der Waals surface area contributed by atoms with Crippen molar-refractivity contribution in [2.45, 2.75) is 25.4 Å². The maximum absolute atomic E-state index is 5.72. The molecule has 0 bridgehead atoms. The lowest BCUT2D eigenvalue weighted by Crippen LogP contribution is -2.19. The molecule has 2 heterocycles. The van der Waals surface area contributed by atoms with Crippen LogP contribution in [0.25, 0.3) is 0 Å². The summed E-state index contributed by atoms with van der Waals surface area (Å²) in [6.07, 6.45) is 6.30. The summed E-state index contributed by atoms with van der Waals surface area (Å²) in [6.45, 7) is 1.80. The van der Waals surface area contributed by atoms with Gasteiger partial charge in [0.05, 0.1) is 0 Å². The second kappa shape index (κ2) is 4.07. The second-order valence-corrected chi connectivity index (χ2v) is 3.92. The van der Waals surface area contributed by atoms with Gasteiger partial charge in [0.2, 0.25) is 0 Å². The molecule has 0 aromatic carbocycles. The van der Waals surface area contributed by atoms with E-state index in [9.17, 15) is 0 Å². The molecule has 1 atom stereocenters. The molecule has 1 aromatic heterocycles. The van der Waals surface area contributed by atoms with Gasteiger partial charge in [0.25, 0.3) is 0 Å². The number of hydrogen-bond acceptors (Lipinski definition) is 3. The van der Waals surface area contributed by atoms with Crippen LogP contribution in [0.4, 0.5) is 0 Å². The van der Waals surface area contributed by atoms with Crippen LogP contribution in [-0.4, -0.2) is 23.5 Å². The Kier molecular flexibility index (Phi) is 2.79. The fourth-order valence-electron chi connectivity index (χ4n) is 2.22. The zero-order valence-electron chi connectivity index (χ0n) is 8.61. The van der Waals surface area contributed by atoms with Gasteiger partial charge >= 0.3 is 0 Å². The molecule has 76 valence electrons. The van der Waals surface area contributed by atoms with Gasteiger partial charge in [0.15, 0.2) is 0 Å². The van der Waals surface area contributed by atoms with Crippen molar-refractivity contribution >= 4 is 0 Å². The molecule has 1 aliphatic heterocycles. The van der Waals surface area contributed by atoms with E-state index in [0.717, 1.165) is 0 Å². The third kappa shape index (κ3) is 1.65. The maximum atomic E-state index is 5.72. The van der Waals surface area contributed by atoms with Gasteiger partial charge in [-0.25, -0.2) is 0 Å². The number of nitrogens with two attached hydrogens (primary N) is 1. The normalized spacial score (nSPS) is 22.9. The Morgan fingerprint density at radius 2 is 2.50 bits per heavy atom. The summed E-state index contributed by atoms with van der Waals surface area (Å²) in [5.74, 6) is 0. The molecule has 2 rings (SSSR count). The van der Waals surface area contributed by atoms with Crippen LogP contribution in [0, 0.1) is 0 Å². The van der Waals surface area contributed by atoms with Gasteiger partial charge < -0.3 is 5.73 Å². The molecular formula is C11H17N3. The molecule has 0 aliphatic carbocycles.